The van der Waals surface area contributed by atoms with Crippen molar-refractivity contribution in [1.82, 2.24) is 104 Å². The maximum atomic E-state index is 14.4. The van der Waals surface area contributed by atoms with Crippen LogP contribution in [0.5, 0.6) is 5.75 Å². The van der Waals surface area contributed by atoms with E-state index in [1.54, 1.807) is 95.7 Å². The van der Waals surface area contributed by atoms with Crippen LogP contribution in [0.4, 0.5) is 65.1 Å². The number of hydrogen-bond acceptors (Lipinski definition) is 33. The summed E-state index contributed by atoms with van der Waals surface area (Å²) < 4.78 is 109. The Labute approximate surface area is 822 Å². The molecule has 5 N–H and O–H groups in total. The van der Waals surface area contributed by atoms with Gasteiger partial charge in [-0.25, -0.2) is 51.7 Å². The SMILES string of the molecule is C=C(c1ccccc1)c1cc2cnc(Nc3ccc(C4CN(C)CCO4)cc3)nc2n(Cc2cnncc2S(=O)(=O)CC(F)(F)F)c1=O.CN(c1ccccc1)c1cc2cnc(Nc3ccc(OC4CCCNC4)cc3)nc2n(Cc2nccnc2S(=O)c2nccs2)c1=O.CN1CCC(Nc2ccc(Nc3ncc4cc(C5CCCCN5C)c(=O)n(Cc5cncnc5S(=O)c5ccncc5)c4n3)cc2)C1. The third-order valence-corrected chi connectivity index (χ3v) is 30.2. The van der Waals surface area contributed by atoms with E-state index in [1.165, 1.54) is 45.4 Å². The van der Waals surface area contributed by atoms with Crippen LogP contribution in [-0.4, -0.2) is 220 Å². The predicted molar refractivity (Wildman–Crippen MR) is 538 cm³/mol. The van der Waals surface area contributed by atoms with Gasteiger partial charge in [0.25, 0.3) is 16.7 Å². The number of para-hydroxylation sites is 1. The van der Waals surface area contributed by atoms with Gasteiger partial charge in [0, 0.05) is 178 Å². The molecule has 6 atom stereocenters. The summed E-state index contributed by atoms with van der Waals surface area (Å²) in [6, 6.07) is 50.9. The quantitative estimate of drug-likeness (QED) is 0.0284. The topological polar surface area (TPSA) is 406 Å². The van der Waals surface area contributed by atoms with Crippen LogP contribution in [0.2, 0.25) is 0 Å². The summed E-state index contributed by atoms with van der Waals surface area (Å²) in [7, 11) is -0.0682. The lowest BCUT2D eigenvalue weighted by molar-refractivity contribution is -0.106. The highest BCUT2D eigenvalue weighted by molar-refractivity contribution is 7.91. The fourth-order valence-corrected chi connectivity index (χ4v) is 21.7. The van der Waals surface area contributed by atoms with E-state index in [4.69, 9.17) is 19.4 Å². The lowest BCUT2D eigenvalue weighted by atomic mass is 9.96. The molecular formula is C100H99F3N26O9S4. The van der Waals surface area contributed by atoms with E-state index in [0.29, 0.717) is 100 Å². The molecule has 4 saturated heterocycles. The smallest absolute Gasteiger partial charge is 0.403 e. The summed E-state index contributed by atoms with van der Waals surface area (Å²) in [6.07, 6.45) is 18.9. The van der Waals surface area contributed by atoms with E-state index in [-0.39, 0.29) is 70.2 Å². The number of ether oxygens (including phenoxy) is 2. The Morgan fingerprint density at radius 1 is 0.592 bits per heavy atom. The molecule has 4 aliphatic heterocycles. The molecule has 0 saturated carbocycles. The Balaban J connectivity index is 0.000000141. The molecule has 0 radical (unpaired) electrons. The molecule has 728 valence electrons. The first-order chi connectivity index (χ1) is 68.8. The molecular weight excluding hydrogens is 1890 g/mol. The second kappa shape index (κ2) is 44.0. The largest absolute Gasteiger partial charge is 0.489 e. The van der Waals surface area contributed by atoms with Gasteiger partial charge < -0.3 is 50.8 Å². The number of piperidine rings is 2. The first-order valence-corrected chi connectivity index (χ1v) is 50.7. The van der Waals surface area contributed by atoms with Crippen molar-refractivity contribution in [2.75, 3.05) is 113 Å². The van der Waals surface area contributed by atoms with Gasteiger partial charge >= 0.3 is 6.18 Å². The van der Waals surface area contributed by atoms with Gasteiger partial charge in [-0.1, -0.05) is 73.7 Å². The number of likely N-dealkylation sites (N-methyl/N-ethyl adjacent to an activating group) is 2. The lowest BCUT2D eigenvalue weighted by Crippen LogP contribution is -2.37. The number of hydrogen-bond donors (Lipinski definition) is 5. The van der Waals surface area contributed by atoms with Crippen LogP contribution in [0.3, 0.4) is 0 Å². The number of sulfone groups is 1. The molecule has 42 heteroatoms. The number of thiazole rings is 1. The number of alkyl halides is 3. The number of fused-ring (bicyclic) bond motifs is 3. The van der Waals surface area contributed by atoms with Gasteiger partial charge in [0.1, 0.15) is 67.4 Å². The van der Waals surface area contributed by atoms with E-state index in [1.807, 2.05) is 134 Å². The van der Waals surface area contributed by atoms with Crippen molar-refractivity contribution >= 4 is 133 Å². The monoisotopic (exact) mass is 1990 g/mol. The summed E-state index contributed by atoms with van der Waals surface area (Å²) >= 11 is 1.27. The van der Waals surface area contributed by atoms with E-state index in [0.717, 1.165) is 136 Å². The number of aromatic nitrogens is 17. The first-order valence-electron chi connectivity index (χ1n) is 45.8. The fourth-order valence-electron chi connectivity index (χ4n) is 17.4. The number of pyridine rings is 4. The fraction of sp³-hybridized carbons (Fsp3) is 0.270. The molecule has 35 nitrogen and oxygen atoms in total. The van der Waals surface area contributed by atoms with Crippen molar-refractivity contribution in [2.45, 2.75) is 113 Å². The molecule has 142 heavy (non-hydrogen) atoms. The maximum absolute atomic E-state index is 14.4. The van der Waals surface area contributed by atoms with Crippen molar-refractivity contribution in [1.29, 1.82) is 0 Å². The third-order valence-electron chi connectivity index (χ3n) is 24.6. The van der Waals surface area contributed by atoms with Crippen LogP contribution in [0.1, 0.15) is 89.7 Å². The van der Waals surface area contributed by atoms with Crippen molar-refractivity contribution in [2.24, 2.45) is 0 Å². The summed E-state index contributed by atoms with van der Waals surface area (Å²) in [5.74, 6) is -0.494. The summed E-state index contributed by atoms with van der Waals surface area (Å²) in [6.45, 7) is 10.9. The summed E-state index contributed by atoms with van der Waals surface area (Å²) in [5.41, 5.74) is 8.21. The Kier molecular flexibility index (Phi) is 30.3. The number of nitrogens with zero attached hydrogens (tertiary/aromatic N) is 21. The molecule has 16 aromatic rings. The molecule has 0 aliphatic carbocycles. The van der Waals surface area contributed by atoms with Gasteiger partial charge in [0.2, 0.25) is 17.8 Å². The summed E-state index contributed by atoms with van der Waals surface area (Å²) in [4.78, 5) is 105. The number of benzene rings is 5. The normalized spacial score (nSPS) is 16.9. The van der Waals surface area contributed by atoms with Crippen LogP contribution >= 0.6 is 11.3 Å². The molecule has 11 aromatic heterocycles. The molecule has 4 fully saturated rings. The van der Waals surface area contributed by atoms with Crippen LogP contribution in [0, 0.1) is 0 Å². The zero-order valence-electron chi connectivity index (χ0n) is 77.7. The minimum Gasteiger partial charge on any atom is -0.489 e. The van der Waals surface area contributed by atoms with Gasteiger partial charge in [0.05, 0.1) is 55.3 Å². The van der Waals surface area contributed by atoms with E-state index < -0.39 is 60.4 Å². The Morgan fingerprint density at radius 3 is 1.85 bits per heavy atom. The average Bonchev–Trinajstić information content (AvgIpc) is 0.965. The van der Waals surface area contributed by atoms with Gasteiger partial charge in [-0.15, -0.1) is 11.3 Å². The van der Waals surface area contributed by atoms with Gasteiger partial charge in [-0.3, -0.25) is 43.0 Å². The van der Waals surface area contributed by atoms with Gasteiger partial charge in [-0.2, -0.15) is 38.3 Å². The van der Waals surface area contributed by atoms with Gasteiger partial charge in [-0.05, 0) is 193 Å². The van der Waals surface area contributed by atoms with Crippen LogP contribution in [0.15, 0.2) is 289 Å². The number of likely N-dealkylation sites (tertiary alicyclic amines) is 2. The average molecular weight is 1990 g/mol. The molecule has 0 spiro atoms. The molecule has 0 bridgehead atoms. The minimum absolute atomic E-state index is 0.0149. The highest BCUT2D eigenvalue weighted by Crippen LogP contribution is 2.36. The van der Waals surface area contributed by atoms with Crippen molar-refractivity contribution in [3.05, 3.63) is 320 Å². The maximum Gasteiger partial charge on any atom is 0.403 e. The lowest BCUT2D eigenvalue weighted by Gasteiger charge is -2.32. The second-order valence-electron chi connectivity index (χ2n) is 34.6. The Hall–Kier alpha value is -14.6. The summed E-state index contributed by atoms with van der Waals surface area (Å²) in [5, 5.41) is 28.0. The van der Waals surface area contributed by atoms with Gasteiger partial charge in [0.15, 0.2) is 25.0 Å². The van der Waals surface area contributed by atoms with Crippen LogP contribution < -0.4 is 52.9 Å². The Bertz CT molecular complexity index is 7580. The van der Waals surface area contributed by atoms with Crippen molar-refractivity contribution in [3.63, 3.8) is 0 Å². The number of morpholine rings is 1. The molecule has 0 amide bonds. The van der Waals surface area contributed by atoms with E-state index >= 15 is 0 Å². The molecule has 15 heterocycles. The minimum atomic E-state index is -5.00. The molecule has 20 rings (SSSR count). The van der Waals surface area contributed by atoms with E-state index in [2.05, 4.69) is 122 Å². The van der Waals surface area contributed by atoms with Crippen LogP contribution in [0.25, 0.3) is 38.7 Å². The molecule has 5 aromatic carbocycles. The molecule has 6 unspecified atom stereocenters. The number of halogens is 3. The van der Waals surface area contributed by atoms with Crippen molar-refractivity contribution in [3.8, 4) is 5.75 Å². The number of rotatable bonds is 28. The standard InChI is InChI=1S/C34H38N10O2S.C33H30F3N7O4S.C33H31N9O3S2/c1-42-16-12-27(21-42)39-25-6-8-26(9-7-25)40-34-37-19-23-17-29(30-5-3-4-15-43(30)2)33(45)44(31(23)41-34)20-24-18-36-22-38-32(24)47(46)28-10-13-35-14-11-28;1-21(22-6-4-3-5-7-22)27-14-24-15-37-32(40-26-10-8-23(9-11-26)28-19-42(2)12-13-47-28)41-30(24)43(31(27)44)18-25-16-38-39-17-29(25)48(45,46)20-33(34,35)36;1-41(24-6-3-2-4-7-24)28-18-22-19-38-32(39-23-9-11-25(12-10-23)45-26-8-5-13-34-20-26)40-29(22)42(31(28)43)21-27-30(36-15-14-35-27)47(44)33-37-16-17-46-33/h6-11,13-14,17-19,22,27,30,39H,3-5,12,15-16,20-21H2,1-2H3,(H,37,40,41);3-11,14-17,28H,1,12-13,18-20H2,2H3,(H,37,40,41);2-4,6-7,9-12,14-19,26,34H,5,8,13,20-21H2,1H3,(H,38,39,40). The van der Waals surface area contributed by atoms with Crippen LogP contribution in [-0.2, 0) is 55.8 Å². The highest BCUT2D eigenvalue weighted by Gasteiger charge is 2.38. The highest BCUT2D eigenvalue weighted by atomic mass is 32.2. The van der Waals surface area contributed by atoms with E-state index in [9.17, 15) is 44.4 Å². The zero-order valence-corrected chi connectivity index (χ0v) is 80.9. The Morgan fingerprint density at radius 2 is 1.21 bits per heavy atom. The van der Waals surface area contributed by atoms with Crippen molar-refractivity contribution < 1.29 is 39.5 Å². The predicted octanol–water partition coefficient (Wildman–Crippen LogP) is 13.9. The second-order valence-corrected chi connectivity index (χ2v) is 40.5. The zero-order chi connectivity index (χ0) is 98.5. The third kappa shape index (κ3) is 23.3. The number of nitrogens with one attached hydrogen (secondary N) is 5. The molecule has 4 aliphatic rings. The first kappa shape index (κ1) is 97.6. The number of anilines is 9.